The number of H-pyrrole nitrogens is 1. The lowest BCUT2D eigenvalue weighted by molar-refractivity contribution is -0.144. The van der Waals surface area contributed by atoms with E-state index in [1.165, 1.54) is 0 Å². The van der Waals surface area contributed by atoms with Gasteiger partial charge in [0.15, 0.2) is 6.04 Å². The zero-order valence-corrected chi connectivity index (χ0v) is 13.0. The lowest BCUT2D eigenvalue weighted by Gasteiger charge is -2.19. The Balaban J connectivity index is 2.35. The third kappa shape index (κ3) is 3.55. The van der Waals surface area contributed by atoms with Crippen molar-refractivity contribution in [2.75, 3.05) is 11.9 Å². The monoisotopic (exact) mass is 307 g/mol. The Morgan fingerprint density at radius 1 is 1.48 bits per heavy atom. The second-order valence-electron chi connectivity index (χ2n) is 4.69. The Hall–Kier alpha value is -2.01. The first kappa shape index (κ1) is 15.4. The number of halogens is 1. The van der Waals surface area contributed by atoms with E-state index in [0.29, 0.717) is 11.6 Å². The second kappa shape index (κ2) is 6.63. The molecule has 0 amide bonds. The van der Waals surface area contributed by atoms with Crippen LogP contribution in [0.25, 0.3) is 0 Å². The van der Waals surface area contributed by atoms with Crippen LogP contribution >= 0.6 is 11.6 Å². The van der Waals surface area contributed by atoms with Crippen molar-refractivity contribution in [3.05, 3.63) is 46.2 Å². The largest absolute Gasteiger partial charge is 0.464 e. The number of nitrogens with zero attached hydrogens (tertiary/aromatic N) is 1. The molecule has 1 unspecified atom stereocenters. The highest BCUT2D eigenvalue weighted by molar-refractivity contribution is 6.30. The van der Waals surface area contributed by atoms with E-state index in [1.54, 1.807) is 19.1 Å². The highest BCUT2D eigenvalue weighted by Gasteiger charge is 2.27. The van der Waals surface area contributed by atoms with Crippen LogP contribution in [0, 0.1) is 13.8 Å². The van der Waals surface area contributed by atoms with Gasteiger partial charge in [-0.15, -0.1) is 0 Å². The number of aromatic amines is 1. The first-order valence-electron chi connectivity index (χ1n) is 6.73. The van der Waals surface area contributed by atoms with E-state index in [2.05, 4.69) is 15.5 Å². The maximum Gasteiger partial charge on any atom is 0.333 e. The van der Waals surface area contributed by atoms with Crippen molar-refractivity contribution in [3.63, 3.8) is 0 Å². The van der Waals surface area contributed by atoms with Gasteiger partial charge >= 0.3 is 5.97 Å². The molecule has 0 saturated heterocycles. The summed E-state index contributed by atoms with van der Waals surface area (Å²) in [7, 11) is 0. The molecule has 0 radical (unpaired) electrons. The zero-order valence-electron chi connectivity index (χ0n) is 12.2. The number of carbonyl (C=O) groups is 1. The Morgan fingerprint density at radius 2 is 2.24 bits per heavy atom. The Bertz CT molecular complexity index is 620. The number of nitrogens with one attached hydrogen (secondary N) is 2. The van der Waals surface area contributed by atoms with Crippen LogP contribution in [0.2, 0.25) is 5.02 Å². The maximum absolute atomic E-state index is 12.3. The average Bonchev–Trinajstić information content (AvgIpc) is 2.76. The fraction of sp³-hybridized carbons (Fsp3) is 0.333. The minimum atomic E-state index is -0.623. The molecule has 112 valence electrons. The SMILES string of the molecule is CCOC(=O)C(Nc1cccc(Cl)c1)c1c(C)n[nH]c1C. The number of rotatable bonds is 5. The Labute approximate surface area is 128 Å². The van der Waals surface area contributed by atoms with Gasteiger partial charge < -0.3 is 10.1 Å². The standard InChI is InChI=1S/C15H18ClN3O2/c1-4-21-15(20)14(13-9(2)18-19-10(13)3)17-12-7-5-6-11(16)8-12/h5-8,14,17H,4H2,1-3H3,(H,18,19). The Morgan fingerprint density at radius 3 is 2.81 bits per heavy atom. The molecule has 2 rings (SSSR count). The fourth-order valence-corrected chi connectivity index (χ4v) is 2.39. The van der Waals surface area contributed by atoms with E-state index in [1.807, 2.05) is 26.0 Å². The van der Waals surface area contributed by atoms with Crippen LogP contribution in [0.4, 0.5) is 5.69 Å². The van der Waals surface area contributed by atoms with Crippen molar-refractivity contribution in [1.82, 2.24) is 10.2 Å². The molecule has 0 spiro atoms. The van der Waals surface area contributed by atoms with Gasteiger partial charge in [0.05, 0.1) is 12.3 Å². The summed E-state index contributed by atoms with van der Waals surface area (Å²) in [5.74, 6) is -0.343. The molecule has 0 aliphatic heterocycles. The number of carbonyl (C=O) groups excluding carboxylic acids is 1. The van der Waals surface area contributed by atoms with Gasteiger partial charge in [-0.3, -0.25) is 5.10 Å². The number of aryl methyl sites for hydroxylation is 2. The molecular weight excluding hydrogens is 290 g/mol. The van der Waals surface area contributed by atoms with Crippen LogP contribution in [0.1, 0.15) is 29.9 Å². The summed E-state index contributed by atoms with van der Waals surface area (Å²) >= 11 is 5.98. The summed E-state index contributed by atoms with van der Waals surface area (Å²) in [5, 5.41) is 10.8. The van der Waals surface area contributed by atoms with Gasteiger partial charge in [-0.25, -0.2) is 4.79 Å². The summed E-state index contributed by atoms with van der Waals surface area (Å²) in [6.45, 7) is 5.83. The van der Waals surface area contributed by atoms with Gasteiger partial charge in [-0.05, 0) is 39.0 Å². The van der Waals surface area contributed by atoms with Crippen LogP contribution in [-0.2, 0) is 9.53 Å². The van der Waals surface area contributed by atoms with E-state index >= 15 is 0 Å². The molecule has 0 aliphatic carbocycles. The molecule has 1 heterocycles. The molecule has 1 atom stereocenters. The van der Waals surface area contributed by atoms with Crippen molar-refractivity contribution in [3.8, 4) is 0 Å². The molecule has 1 aromatic heterocycles. The minimum absolute atomic E-state index is 0.322. The van der Waals surface area contributed by atoms with E-state index in [0.717, 1.165) is 22.6 Å². The van der Waals surface area contributed by atoms with Gasteiger partial charge in [0, 0.05) is 22.0 Å². The van der Waals surface area contributed by atoms with Gasteiger partial charge in [0.25, 0.3) is 0 Å². The predicted octanol–water partition coefficient (Wildman–Crippen LogP) is 3.40. The first-order chi connectivity index (χ1) is 10.0. The van der Waals surface area contributed by atoms with Crippen LogP contribution < -0.4 is 5.32 Å². The van der Waals surface area contributed by atoms with Crippen LogP contribution in [0.3, 0.4) is 0 Å². The Kier molecular flexibility index (Phi) is 4.85. The van der Waals surface area contributed by atoms with Crippen molar-refractivity contribution in [1.29, 1.82) is 0 Å². The summed E-state index contributed by atoms with van der Waals surface area (Å²) in [4.78, 5) is 12.3. The van der Waals surface area contributed by atoms with Crippen LogP contribution in [0.5, 0.6) is 0 Å². The van der Waals surface area contributed by atoms with E-state index in [-0.39, 0.29) is 5.97 Å². The number of hydrogen-bond acceptors (Lipinski definition) is 4. The molecule has 2 aromatic rings. The predicted molar refractivity (Wildman–Crippen MR) is 82.5 cm³/mol. The van der Waals surface area contributed by atoms with Crippen LogP contribution in [0.15, 0.2) is 24.3 Å². The van der Waals surface area contributed by atoms with Gasteiger partial charge in [0.1, 0.15) is 0 Å². The molecular formula is C15H18ClN3O2. The molecule has 1 aromatic carbocycles. The van der Waals surface area contributed by atoms with Gasteiger partial charge in [-0.2, -0.15) is 5.10 Å². The number of benzene rings is 1. The van der Waals surface area contributed by atoms with E-state index in [4.69, 9.17) is 16.3 Å². The number of ether oxygens (including phenoxy) is 1. The van der Waals surface area contributed by atoms with Gasteiger partial charge in [0.2, 0.25) is 0 Å². The molecule has 2 N–H and O–H groups in total. The fourth-order valence-electron chi connectivity index (χ4n) is 2.20. The number of anilines is 1. The van der Waals surface area contributed by atoms with Crippen molar-refractivity contribution in [2.24, 2.45) is 0 Å². The lowest BCUT2D eigenvalue weighted by atomic mass is 10.0. The first-order valence-corrected chi connectivity index (χ1v) is 7.11. The normalized spacial score (nSPS) is 12.0. The highest BCUT2D eigenvalue weighted by Crippen LogP contribution is 2.26. The van der Waals surface area contributed by atoms with E-state index < -0.39 is 6.04 Å². The molecule has 0 aliphatic rings. The van der Waals surface area contributed by atoms with Crippen molar-refractivity contribution >= 4 is 23.3 Å². The topological polar surface area (TPSA) is 67.0 Å². The second-order valence-corrected chi connectivity index (χ2v) is 5.12. The average molecular weight is 308 g/mol. The van der Waals surface area contributed by atoms with Crippen molar-refractivity contribution in [2.45, 2.75) is 26.8 Å². The number of esters is 1. The van der Waals surface area contributed by atoms with Gasteiger partial charge in [-0.1, -0.05) is 17.7 Å². The minimum Gasteiger partial charge on any atom is -0.464 e. The summed E-state index contributed by atoms with van der Waals surface area (Å²) < 4.78 is 5.16. The van der Waals surface area contributed by atoms with Crippen molar-refractivity contribution < 1.29 is 9.53 Å². The summed E-state index contributed by atoms with van der Waals surface area (Å²) in [6, 6.07) is 6.59. The summed E-state index contributed by atoms with van der Waals surface area (Å²) in [5.41, 5.74) is 3.15. The molecule has 21 heavy (non-hydrogen) atoms. The highest BCUT2D eigenvalue weighted by atomic mass is 35.5. The molecule has 6 heteroatoms. The zero-order chi connectivity index (χ0) is 15.4. The van der Waals surface area contributed by atoms with Crippen LogP contribution in [-0.4, -0.2) is 22.8 Å². The summed E-state index contributed by atoms with van der Waals surface area (Å²) in [6.07, 6.45) is 0. The third-order valence-electron chi connectivity index (χ3n) is 3.13. The quantitative estimate of drug-likeness (QED) is 0.831. The molecule has 0 bridgehead atoms. The van der Waals surface area contributed by atoms with E-state index in [9.17, 15) is 4.79 Å². The molecule has 5 nitrogen and oxygen atoms in total. The molecule has 0 fully saturated rings. The number of aromatic nitrogens is 2. The lowest BCUT2D eigenvalue weighted by Crippen LogP contribution is -2.24. The number of hydrogen-bond donors (Lipinski definition) is 2. The molecule has 0 saturated carbocycles. The smallest absolute Gasteiger partial charge is 0.333 e. The third-order valence-corrected chi connectivity index (χ3v) is 3.37. The maximum atomic E-state index is 12.3.